The molecule has 2 aromatic rings. The summed E-state index contributed by atoms with van der Waals surface area (Å²) in [6, 6.07) is 21.7. The summed E-state index contributed by atoms with van der Waals surface area (Å²) < 4.78 is 0. The van der Waals surface area contributed by atoms with Crippen molar-refractivity contribution in [3.05, 3.63) is 77.9 Å². The van der Waals surface area contributed by atoms with Crippen molar-refractivity contribution in [3.63, 3.8) is 0 Å². The molecule has 0 aromatic heterocycles. The molecule has 0 unspecified atom stereocenters. The van der Waals surface area contributed by atoms with Gasteiger partial charge in [0.05, 0.1) is 5.54 Å². The maximum atomic E-state index is 4.90. The molecule has 2 aliphatic rings. The summed E-state index contributed by atoms with van der Waals surface area (Å²) in [5, 5.41) is 0. The second-order valence-electron chi connectivity index (χ2n) is 6.44. The van der Waals surface area contributed by atoms with E-state index in [1.54, 1.807) is 0 Å². The molecule has 1 aliphatic heterocycles. The maximum Gasteiger partial charge on any atom is 0.0863 e. The van der Waals surface area contributed by atoms with Crippen molar-refractivity contribution in [3.8, 4) is 0 Å². The van der Waals surface area contributed by atoms with Gasteiger partial charge in [0.25, 0.3) is 0 Å². The zero-order chi connectivity index (χ0) is 14.8. The first-order valence-electron chi connectivity index (χ1n) is 8.24. The molecule has 0 N–H and O–H groups in total. The smallest absolute Gasteiger partial charge is 0.0863 e. The van der Waals surface area contributed by atoms with Crippen molar-refractivity contribution in [1.29, 1.82) is 0 Å². The summed E-state index contributed by atoms with van der Waals surface area (Å²) >= 11 is 0. The molecule has 0 atom stereocenters. The van der Waals surface area contributed by atoms with Crippen LogP contribution in [0.25, 0.3) is 5.57 Å². The van der Waals surface area contributed by atoms with Crippen LogP contribution >= 0.6 is 0 Å². The van der Waals surface area contributed by atoms with Crippen molar-refractivity contribution in [2.24, 2.45) is 4.99 Å². The molecular weight excluding hydrogens is 266 g/mol. The average Bonchev–Trinajstić information content (AvgIpc) is 3.00. The van der Waals surface area contributed by atoms with Crippen molar-refractivity contribution in [1.82, 2.24) is 0 Å². The summed E-state index contributed by atoms with van der Waals surface area (Å²) in [4.78, 5) is 4.90. The van der Waals surface area contributed by atoms with Gasteiger partial charge in [0.2, 0.25) is 0 Å². The number of rotatable bonds is 2. The fourth-order valence-corrected chi connectivity index (χ4v) is 4.01. The molecule has 1 heterocycles. The number of allylic oxidation sites excluding steroid dienone is 1. The van der Waals surface area contributed by atoms with Gasteiger partial charge in [-0.05, 0) is 54.4 Å². The van der Waals surface area contributed by atoms with Crippen LogP contribution in [0, 0.1) is 0 Å². The van der Waals surface area contributed by atoms with E-state index in [2.05, 4.69) is 66.7 Å². The molecule has 1 fully saturated rings. The van der Waals surface area contributed by atoms with Gasteiger partial charge in [0, 0.05) is 6.21 Å². The lowest BCUT2D eigenvalue weighted by molar-refractivity contribution is 0.341. The van der Waals surface area contributed by atoms with Gasteiger partial charge >= 0.3 is 0 Å². The van der Waals surface area contributed by atoms with E-state index in [0.29, 0.717) is 5.92 Å². The predicted octanol–water partition coefficient (Wildman–Crippen LogP) is 5.25. The van der Waals surface area contributed by atoms with E-state index in [-0.39, 0.29) is 5.54 Å². The minimum Gasteiger partial charge on any atom is -0.282 e. The second-order valence-corrected chi connectivity index (χ2v) is 6.44. The van der Waals surface area contributed by atoms with Crippen molar-refractivity contribution in [2.45, 2.75) is 37.1 Å². The predicted molar refractivity (Wildman–Crippen MR) is 93.3 cm³/mol. The van der Waals surface area contributed by atoms with Crippen molar-refractivity contribution in [2.75, 3.05) is 0 Å². The Bertz CT molecular complexity index is 689. The number of benzene rings is 2. The van der Waals surface area contributed by atoms with Gasteiger partial charge < -0.3 is 0 Å². The highest BCUT2D eigenvalue weighted by Crippen LogP contribution is 2.48. The van der Waals surface area contributed by atoms with Crippen LogP contribution in [-0.4, -0.2) is 11.8 Å². The summed E-state index contributed by atoms with van der Waals surface area (Å²) in [7, 11) is 0. The molecule has 1 spiro atoms. The number of aliphatic imine (C=N–C) groups is 1. The van der Waals surface area contributed by atoms with Crippen LogP contribution in [0.2, 0.25) is 0 Å². The van der Waals surface area contributed by atoms with Crippen molar-refractivity contribution < 1.29 is 0 Å². The Morgan fingerprint density at radius 3 is 2.14 bits per heavy atom. The Kier molecular flexibility index (Phi) is 3.42. The fourth-order valence-electron chi connectivity index (χ4n) is 4.01. The van der Waals surface area contributed by atoms with Gasteiger partial charge in [-0.2, -0.15) is 0 Å². The van der Waals surface area contributed by atoms with Gasteiger partial charge in [-0.15, -0.1) is 0 Å². The van der Waals surface area contributed by atoms with Crippen LogP contribution in [-0.2, 0) is 0 Å². The summed E-state index contributed by atoms with van der Waals surface area (Å²) in [5.41, 5.74) is 4.27. The Hall–Kier alpha value is -2.15. The molecule has 2 aromatic carbocycles. The first-order valence-corrected chi connectivity index (χ1v) is 8.24. The normalized spacial score (nSPS) is 27.1. The Balaban J connectivity index is 1.55. The summed E-state index contributed by atoms with van der Waals surface area (Å²) in [6.07, 6.45) is 9.01. The molecule has 110 valence electrons. The number of hydrogen-bond acceptors (Lipinski definition) is 1. The van der Waals surface area contributed by atoms with Gasteiger partial charge in [0.15, 0.2) is 0 Å². The zero-order valence-electron chi connectivity index (χ0n) is 12.8. The Labute approximate surface area is 132 Å². The lowest BCUT2D eigenvalue weighted by atomic mass is 9.70. The monoisotopic (exact) mass is 287 g/mol. The lowest BCUT2D eigenvalue weighted by Crippen LogP contribution is -2.31. The third-order valence-electron chi connectivity index (χ3n) is 5.23. The molecule has 0 amide bonds. The molecule has 4 rings (SSSR count). The van der Waals surface area contributed by atoms with Gasteiger partial charge in [-0.25, -0.2) is 0 Å². The van der Waals surface area contributed by atoms with Crippen LogP contribution < -0.4 is 0 Å². The quantitative estimate of drug-likeness (QED) is 0.715. The number of hydrogen-bond donors (Lipinski definition) is 0. The summed E-state index contributed by atoms with van der Waals surface area (Å²) in [6.45, 7) is 0. The maximum absolute atomic E-state index is 4.90. The van der Waals surface area contributed by atoms with E-state index in [9.17, 15) is 0 Å². The molecule has 0 bridgehead atoms. The molecule has 0 saturated heterocycles. The first kappa shape index (κ1) is 13.5. The van der Waals surface area contributed by atoms with E-state index in [1.807, 2.05) is 6.21 Å². The largest absolute Gasteiger partial charge is 0.282 e. The molecule has 0 radical (unpaired) electrons. The van der Waals surface area contributed by atoms with E-state index >= 15 is 0 Å². The highest BCUT2D eigenvalue weighted by Gasteiger charge is 2.40. The van der Waals surface area contributed by atoms with Gasteiger partial charge in [-0.1, -0.05) is 60.7 Å². The minimum atomic E-state index is 0.0344. The Morgan fingerprint density at radius 2 is 1.45 bits per heavy atom. The van der Waals surface area contributed by atoms with Gasteiger partial charge in [0.1, 0.15) is 0 Å². The highest BCUT2D eigenvalue weighted by molar-refractivity contribution is 5.93. The van der Waals surface area contributed by atoms with Crippen LogP contribution in [0.1, 0.15) is 42.7 Å². The standard InChI is InChI=1S/C21H21N/c1-3-7-17(8-4-1)18-11-14-21(15-12-18)20(13-16-22-21)19-9-5-2-6-10-19/h1-10,13,16,18H,11-12,14-15H2. The van der Waals surface area contributed by atoms with E-state index in [1.165, 1.54) is 29.5 Å². The zero-order valence-corrected chi connectivity index (χ0v) is 12.8. The Morgan fingerprint density at radius 1 is 0.818 bits per heavy atom. The molecule has 22 heavy (non-hydrogen) atoms. The summed E-state index contributed by atoms with van der Waals surface area (Å²) in [5.74, 6) is 0.694. The molecular formula is C21H21N. The molecule has 1 nitrogen and oxygen atoms in total. The third-order valence-corrected chi connectivity index (χ3v) is 5.23. The lowest BCUT2D eigenvalue weighted by Gasteiger charge is -2.37. The van der Waals surface area contributed by atoms with Crippen LogP contribution in [0.5, 0.6) is 0 Å². The van der Waals surface area contributed by atoms with Gasteiger partial charge in [-0.3, -0.25) is 4.99 Å². The number of nitrogens with zero attached hydrogens (tertiary/aromatic N) is 1. The van der Waals surface area contributed by atoms with E-state index in [4.69, 9.17) is 4.99 Å². The molecule has 1 saturated carbocycles. The van der Waals surface area contributed by atoms with Crippen molar-refractivity contribution >= 4 is 11.8 Å². The topological polar surface area (TPSA) is 12.4 Å². The fraction of sp³-hybridized carbons (Fsp3) is 0.286. The second kappa shape index (κ2) is 5.57. The van der Waals surface area contributed by atoms with E-state index in [0.717, 1.165) is 12.8 Å². The molecule has 1 aliphatic carbocycles. The van der Waals surface area contributed by atoms with Crippen LogP contribution in [0.3, 0.4) is 0 Å². The molecule has 1 heteroatoms. The highest BCUT2D eigenvalue weighted by atomic mass is 14.9. The van der Waals surface area contributed by atoms with E-state index < -0.39 is 0 Å². The van der Waals surface area contributed by atoms with Crippen LogP contribution in [0.15, 0.2) is 71.7 Å². The SMILES string of the molecule is C1=NC2(CCC(c3ccccc3)CC2)C(c2ccccc2)=C1. The third kappa shape index (κ3) is 2.31. The average molecular weight is 287 g/mol. The first-order chi connectivity index (χ1) is 10.9. The van der Waals surface area contributed by atoms with Crippen LogP contribution in [0.4, 0.5) is 0 Å². The minimum absolute atomic E-state index is 0.0344.